The summed E-state index contributed by atoms with van der Waals surface area (Å²) in [7, 11) is 0. The van der Waals surface area contributed by atoms with Crippen LogP contribution in [0.3, 0.4) is 0 Å². The fraction of sp³-hybridized carbons (Fsp3) is 0. The smallest absolute Gasteiger partial charge is 0.273 e. The van der Waals surface area contributed by atoms with Crippen molar-refractivity contribution < 1.29 is 14.4 Å². The van der Waals surface area contributed by atoms with Gasteiger partial charge in [0.25, 0.3) is 11.8 Å². The summed E-state index contributed by atoms with van der Waals surface area (Å²) in [6, 6.07) is 15.4. The minimum absolute atomic E-state index is 0.105. The van der Waals surface area contributed by atoms with Crippen LogP contribution in [0.2, 0.25) is 0 Å². The molecule has 1 aliphatic heterocycles. The van der Waals surface area contributed by atoms with E-state index in [0.29, 0.717) is 5.69 Å². The Morgan fingerprint density at radius 3 is 2.44 bits per heavy atom. The van der Waals surface area contributed by atoms with Crippen LogP contribution >= 0.6 is 15.9 Å². The van der Waals surface area contributed by atoms with Gasteiger partial charge in [-0.3, -0.25) is 14.9 Å². The molecule has 2 aromatic rings. The molecule has 0 bridgehead atoms. The van der Waals surface area contributed by atoms with E-state index < -0.39 is 17.8 Å². The average Bonchev–Trinajstić information content (AvgIpc) is 2.58. The Morgan fingerprint density at radius 1 is 0.960 bits per heavy atom. The third-order valence-electron chi connectivity index (χ3n) is 3.52. The highest BCUT2D eigenvalue weighted by molar-refractivity contribution is 9.10. The third kappa shape index (κ3) is 3.75. The Hall–Kier alpha value is -2.99. The number of carbonyl (C=O) groups excluding carboxylic acids is 3. The van der Waals surface area contributed by atoms with E-state index in [1.54, 1.807) is 36.4 Å². The van der Waals surface area contributed by atoms with Gasteiger partial charge >= 0.3 is 6.03 Å². The molecule has 0 atom stereocenters. The van der Waals surface area contributed by atoms with Crippen molar-refractivity contribution >= 4 is 45.5 Å². The van der Waals surface area contributed by atoms with Crippen molar-refractivity contribution in [3.63, 3.8) is 0 Å². The van der Waals surface area contributed by atoms with Crippen molar-refractivity contribution in [2.24, 2.45) is 0 Å². The lowest BCUT2D eigenvalue weighted by atomic mass is 10.1. The van der Waals surface area contributed by atoms with Gasteiger partial charge in [0.15, 0.2) is 0 Å². The SMILES string of the molecule is O=C1NC(=O)N(c2cccc(Br)c2)C(=O)/C1=C/C=C/c1ccccc1. The number of hydrogen-bond acceptors (Lipinski definition) is 3. The van der Waals surface area contributed by atoms with Crippen molar-refractivity contribution in [3.05, 3.63) is 82.4 Å². The van der Waals surface area contributed by atoms with Crippen LogP contribution in [0.25, 0.3) is 6.08 Å². The highest BCUT2D eigenvalue weighted by Gasteiger charge is 2.36. The molecule has 25 heavy (non-hydrogen) atoms. The summed E-state index contributed by atoms with van der Waals surface area (Å²) in [5, 5.41) is 2.19. The standard InChI is InChI=1S/C19H13BrN2O3/c20-14-9-5-10-15(12-14)22-18(24)16(17(23)21-19(22)25)11-4-8-13-6-2-1-3-7-13/h1-12H,(H,21,23,25)/b8-4+,16-11+. The molecule has 0 saturated carbocycles. The number of halogens is 1. The second-order valence-electron chi connectivity index (χ2n) is 5.23. The number of barbiturate groups is 1. The zero-order chi connectivity index (χ0) is 17.8. The van der Waals surface area contributed by atoms with Gasteiger partial charge < -0.3 is 0 Å². The molecule has 4 amide bonds. The third-order valence-corrected chi connectivity index (χ3v) is 4.01. The molecule has 0 unspecified atom stereocenters. The van der Waals surface area contributed by atoms with Gasteiger partial charge in [-0.05, 0) is 29.8 Å². The maximum atomic E-state index is 12.6. The largest absolute Gasteiger partial charge is 0.335 e. The zero-order valence-corrected chi connectivity index (χ0v) is 14.6. The lowest BCUT2D eigenvalue weighted by molar-refractivity contribution is -0.122. The first kappa shape index (κ1) is 16.9. The van der Waals surface area contributed by atoms with Crippen molar-refractivity contribution in [3.8, 4) is 0 Å². The second kappa shape index (κ2) is 7.27. The molecule has 124 valence electrons. The van der Waals surface area contributed by atoms with Gasteiger partial charge in [-0.15, -0.1) is 0 Å². The van der Waals surface area contributed by atoms with Gasteiger partial charge in [0.2, 0.25) is 0 Å². The molecule has 1 fully saturated rings. The molecule has 1 N–H and O–H groups in total. The van der Waals surface area contributed by atoms with E-state index in [4.69, 9.17) is 0 Å². The number of rotatable bonds is 3. The topological polar surface area (TPSA) is 66.5 Å². The van der Waals surface area contributed by atoms with Gasteiger partial charge in [0.1, 0.15) is 5.57 Å². The minimum atomic E-state index is -0.766. The molecule has 1 saturated heterocycles. The molecule has 5 nitrogen and oxygen atoms in total. The van der Waals surface area contributed by atoms with Crippen LogP contribution in [0, 0.1) is 0 Å². The number of amides is 4. The van der Waals surface area contributed by atoms with E-state index in [2.05, 4.69) is 21.2 Å². The molecule has 3 rings (SSSR count). The molecule has 0 spiro atoms. The number of hydrogen-bond donors (Lipinski definition) is 1. The lowest BCUT2D eigenvalue weighted by Crippen LogP contribution is -2.54. The highest BCUT2D eigenvalue weighted by Crippen LogP contribution is 2.23. The maximum absolute atomic E-state index is 12.6. The number of carbonyl (C=O) groups is 3. The molecular weight excluding hydrogens is 384 g/mol. The van der Waals surface area contributed by atoms with Gasteiger partial charge in [0.05, 0.1) is 5.69 Å². The minimum Gasteiger partial charge on any atom is -0.273 e. The molecule has 1 aliphatic rings. The van der Waals surface area contributed by atoms with Crippen molar-refractivity contribution in [1.29, 1.82) is 0 Å². The van der Waals surface area contributed by atoms with E-state index in [1.807, 2.05) is 30.3 Å². The Kier molecular flexibility index (Phi) is 4.90. The Morgan fingerprint density at radius 2 is 1.72 bits per heavy atom. The Labute approximate surface area is 152 Å². The van der Waals surface area contributed by atoms with Crippen molar-refractivity contribution in [2.45, 2.75) is 0 Å². The molecule has 0 radical (unpaired) electrons. The summed E-state index contributed by atoms with van der Waals surface area (Å²) < 4.78 is 0.719. The fourth-order valence-electron chi connectivity index (χ4n) is 2.35. The van der Waals surface area contributed by atoms with Crippen LogP contribution in [0.1, 0.15) is 5.56 Å². The fourth-order valence-corrected chi connectivity index (χ4v) is 2.73. The Balaban J connectivity index is 1.90. The van der Waals surface area contributed by atoms with Crippen LogP contribution in [-0.2, 0) is 9.59 Å². The van der Waals surface area contributed by atoms with E-state index in [1.165, 1.54) is 6.08 Å². The zero-order valence-electron chi connectivity index (χ0n) is 13.0. The molecule has 0 aliphatic carbocycles. The molecule has 1 heterocycles. The summed E-state index contributed by atoms with van der Waals surface area (Å²) >= 11 is 3.30. The van der Waals surface area contributed by atoms with Crippen LogP contribution in [-0.4, -0.2) is 17.8 Å². The predicted octanol–water partition coefficient (Wildman–Crippen LogP) is 3.67. The number of allylic oxidation sites excluding steroid dienone is 2. The summed E-state index contributed by atoms with van der Waals surface area (Å²) in [5.41, 5.74) is 1.21. The number of imide groups is 2. The molecule has 2 aromatic carbocycles. The van der Waals surface area contributed by atoms with Crippen molar-refractivity contribution in [1.82, 2.24) is 5.32 Å². The van der Waals surface area contributed by atoms with E-state index in [-0.39, 0.29) is 5.57 Å². The normalized spacial score (nSPS) is 16.6. The van der Waals surface area contributed by atoms with Gasteiger partial charge in [-0.1, -0.05) is 64.5 Å². The summed E-state index contributed by atoms with van der Waals surface area (Å²) in [4.78, 5) is 37.7. The predicted molar refractivity (Wildman–Crippen MR) is 98.7 cm³/mol. The molecule has 0 aromatic heterocycles. The maximum Gasteiger partial charge on any atom is 0.335 e. The first-order valence-electron chi connectivity index (χ1n) is 7.45. The van der Waals surface area contributed by atoms with Crippen LogP contribution in [0.15, 0.2) is 76.8 Å². The number of anilines is 1. The monoisotopic (exact) mass is 396 g/mol. The number of nitrogens with one attached hydrogen (secondary N) is 1. The Bertz CT molecular complexity index is 904. The lowest BCUT2D eigenvalue weighted by Gasteiger charge is -2.26. The van der Waals surface area contributed by atoms with Crippen molar-refractivity contribution in [2.75, 3.05) is 4.90 Å². The van der Waals surface area contributed by atoms with E-state index in [9.17, 15) is 14.4 Å². The van der Waals surface area contributed by atoms with Gasteiger partial charge in [-0.25, -0.2) is 9.69 Å². The number of benzene rings is 2. The summed E-state index contributed by atoms with van der Waals surface area (Å²) in [5.74, 6) is -1.37. The first-order valence-corrected chi connectivity index (χ1v) is 8.24. The van der Waals surface area contributed by atoms with Gasteiger partial charge in [-0.2, -0.15) is 0 Å². The average molecular weight is 397 g/mol. The summed E-state index contributed by atoms with van der Waals surface area (Å²) in [6.45, 7) is 0. The van der Waals surface area contributed by atoms with E-state index in [0.717, 1.165) is 14.9 Å². The van der Waals surface area contributed by atoms with E-state index >= 15 is 0 Å². The quantitative estimate of drug-likeness (QED) is 0.635. The first-order chi connectivity index (χ1) is 12.1. The highest BCUT2D eigenvalue weighted by atomic mass is 79.9. The number of nitrogens with zero attached hydrogens (tertiary/aromatic N) is 1. The van der Waals surface area contributed by atoms with Crippen LogP contribution in [0.5, 0.6) is 0 Å². The number of urea groups is 1. The molecule has 6 heteroatoms. The molecular formula is C19H13BrN2O3. The second-order valence-corrected chi connectivity index (χ2v) is 6.15. The van der Waals surface area contributed by atoms with Crippen LogP contribution < -0.4 is 10.2 Å². The van der Waals surface area contributed by atoms with Crippen LogP contribution in [0.4, 0.5) is 10.5 Å². The van der Waals surface area contributed by atoms with Gasteiger partial charge in [0, 0.05) is 4.47 Å². The summed E-state index contributed by atoms with van der Waals surface area (Å²) in [6.07, 6.45) is 4.78.